The van der Waals surface area contributed by atoms with Gasteiger partial charge in [-0.05, 0) is 30.5 Å². The maximum Gasteiger partial charge on any atom is 0.307 e. The van der Waals surface area contributed by atoms with Gasteiger partial charge in [-0.3, -0.25) is 9.59 Å². The second-order valence-electron chi connectivity index (χ2n) is 4.50. The molecule has 6 heteroatoms. The van der Waals surface area contributed by atoms with E-state index in [4.69, 9.17) is 15.6 Å². The summed E-state index contributed by atoms with van der Waals surface area (Å²) >= 11 is 0. The smallest absolute Gasteiger partial charge is 0.307 e. The minimum absolute atomic E-state index is 0.0369. The van der Waals surface area contributed by atoms with Crippen molar-refractivity contribution >= 4 is 17.6 Å². The van der Waals surface area contributed by atoms with Crippen molar-refractivity contribution < 1.29 is 19.4 Å². The first-order chi connectivity index (χ1) is 9.52. The van der Waals surface area contributed by atoms with Gasteiger partial charge in [-0.1, -0.05) is 12.1 Å². The molecular weight excluding hydrogens is 260 g/mol. The van der Waals surface area contributed by atoms with Crippen LogP contribution in [-0.2, 0) is 20.7 Å². The molecule has 1 aromatic carbocycles. The summed E-state index contributed by atoms with van der Waals surface area (Å²) in [5.74, 6) is -1.14. The van der Waals surface area contributed by atoms with E-state index in [1.54, 1.807) is 31.4 Å². The molecular formula is C14H20N2O4. The molecule has 110 valence electrons. The fraction of sp³-hybridized carbons (Fsp3) is 0.429. The van der Waals surface area contributed by atoms with E-state index in [0.29, 0.717) is 24.3 Å². The van der Waals surface area contributed by atoms with E-state index in [2.05, 4.69) is 5.32 Å². The van der Waals surface area contributed by atoms with Crippen LogP contribution in [0.5, 0.6) is 0 Å². The normalized spacial score (nSPS) is 11.9. The molecule has 20 heavy (non-hydrogen) atoms. The molecule has 0 aliphatic carbocycles. The molecule has 1 aromatic rings. The van der Waals surface area contributed by atoms with E-state index >= 15 is 0 Å². The molecule has 0 spiro atoms. The lowest BCUT2D eigenvalue weighted by molar-refractivity contribution is -0.136. The summed E-state index contributed by atoms with van der Waals surface area (Å²) in [4.78, 5) is 22.3. The molecule has 0 saturated carbocycles. The molecule has 0 fully saturated rings. The highest BCUT2D eigenvalue weighted by Crippen LogP contribution is 2.11. The SMILES string of the molecule is COCCCC(N)C(=O)Nc1ccc(CC(=O)O)cc1. The van der Waals surface area contributed by atoms with E-state index in [9.17, 15) is 9.59 Å². The summed E-state index contributed by atoms with van der Waals surface area (Å²) < 4.78 is 4.90. The number of carbonyl (C=O) groups excluding carboxylic acids is 1. The number of nitrogens with two attached hydrogens (primary N) is 1. The Morgan fingerprint density at radius 3 is 2.55 bits per heavy atom. The molecule has 0 aliphatic rings. The number of carboxylic acid groups (broad SMARTS) is 1. The molecule has 0 heterocycles. The molecule has 0 saturated heterocycles. The van der Waals surface area contributed by atoms with Crippen molar-refractivity contribution in [3.05, 3.63) is 29.8 Å². The predicted octanol–water partition coefficient (Wildman–Crippen LogP) is 1.01. The standard InChI is InChI=1S/C14H20N2O4/c1-20-8-2-3-12(15)14(19)16-11-6-4-10(5-7-11)9-13(17)18/h4-7,12H,2-3,8-9,15H2,1H3,(H,16,19)(H,17,18). The zero-order valence-corrected chi connectivity index (χ0v) is 11.5. The summed E-state index contributed by atoms with van der Waals surface area (Å²) in [5, 5.41) is 11.4. The van der Waals surface area contributed by atoms with Crippen LogP contribution < -0.4 is 11.1 Å². The molecule has 6 nitrogen and oxygen atoms in total. The highest BCUT2D eigenvalue weighted by molar-refractivity contribution is 5.94. The lowest BCUT2D eigenvalue weighted by atomic mass is 10.1. The van der Waals surface area contributed by atoms with Gasteiger partial charge < -0.3 is 20.9 Å². The molecule has 0 aromatic heterocycles. The number of benzene rings is 1. The minimum atomic E-state index is -0.887. The van der Waals surface area contributed by atoms with E-state index in [1.807, 2.05) is 0 Å². The number of ether oxygens (including phenoxy) is 1. The Bertz CT molecular complexity index is 445. The predicted molar refractivity (Wildman–Crippen MR) is 75.5 cm³/mol. The Balaban J connectivity index is 2.47. The molecule has 0 bridgehead atoms. The Morgan fingerprint density at radius 2 is 2.00 bits per heavy atom. The number of hydrogen-bond acceptors (Lipinski definition) is 4. The molecule has 1 atom stereocenters. The summed E-state index contributed by atoms with van der Waals surface area (Å²) in [7, 11) is 1.60. The van der Waals surface area contributed by atoms with Crippen LogP contribution in [0.2, 0.25) is 0 Å². The van der Waals surface area contributed by atoms with Gasteiger partial charge in [0.25, 0.3) is 0 Å². The zero-order chi connectivity index (χ0) is 15.0. The van der Waals surface area contributed by atoms with Gasteiger partial charge in [0.2, 0.25) is 5.91 Å². The van der Waals surface area contributed by atoms with Crippen LogP contribution in [0, 0.1) is 0 Å². The van der Waals surface area contributed by atoms with E-state index in [0.717, 1.165) is 6.42 Å². The average molecular weight is 280 g/mol. The van der Waals surface area contributed by atoms with E-state index in [-0.39, 0.29) is 12.3 Å². The summed E-state index contributed by atoms with van der Waals surface area (Å²) in [6.45, 7) is 0.574. The Morgan fingerprint density at radius 1 is 1.35 bits per heavy atom. The summed E-state index contributed by atoms with van der Waals surface area (Å²) in [6.07, 6.45) is 1.24. The van der Waals surface area contributed by atoms with Crippen LogP contribution in [0.3, 0.4) is 0 Å². The van der Waals surface area contributed by atoms with Gasteiger partial charge in [0.1, 0.15) is 0 Å². The fourth-order valence-electron chi connectivity index (χ4n) is 1.69. The minimum Gasteiger partial charge on any atom is -0.481 e. The third-order valence-electron chi connectivity index (χ3n) is 2.78. The number of anilines is 1. The zero-order valence-electron chi connectivity index (χ0n) is 11.5. The quantitative estimate of drug-likeness (QED) is 0.617. The number of amides is 1. The third kappa shape index (κ3) is 5.81. The van der Waals surface area contributed by atoms with Crippen LogP contribution in [0.25, 0.3) is 0 Å². The van der Waals surface area contributed by atoms with Crippen molar-refractivity contribution in [1.29, 1.82) is 0 Å². The number of aliphatic carboxylic acids is 1. The Kier molecular flexibility index (Phi) is 6.69. The van der Waals surface area contributed by atoms with Gasteiger partial charge in [0, 0.05) is 19.4 Å². The summed E-state index contributed by atoms with van der Waals surface area (Å²) in [6, 6.07) is 6.08. The lowest BCUT2D eigenvalue weighted by Crippen LogP contribution is -2.35. The first-order valence-corrected chi connectivity index (χ1v) is 6.39. The first-order valence-electron chi connectivity index (χ1n) is 6.39. The second kappa shape index (κ2) is 8.29. The van der Waals surface area contributed by atoms with Crippen molar-refractivity contribution in [2.75, 3.05) is 19.0 Å². The second-order valence-corrected chi connectivity index (χ2v) is 4.50. The van der Waals surface area contributed by atoms with Crippen molar-refractivity contribution in [3.63, 3.8) is 0 Å². The number of hydrogen-bond donors (Lipinski definition) is 3. The maximum atomic E-state index is 11.8. The van der Waals surface area contributed by atoms with E-state index in [1.165, 1.54) is 0 Å². The van der Waals surface area contributed by atoms with Crippen molar-refractivity contribution in [2.45, 2.75) is 25.3 Å². The van der Waals surface area contributed by atoms with Gasteiger partial charge in [-0.2, -0.15) is 0 Å². The molecule has 4 N–H and O–H groups in total. The van der Waals surface area contributed by atoms with Crippen LogP contribution in [-0.4, -0.2) is 36.7 Å². The van der Waals surface area contributed by atoms with Crippen molar-refractivity contribution in [3.8, 4) is 0 Å². The lowest BCUT2D eigenvalue weighted by Gasteiger charge is -2.12. The van der Waals surface area contributed by atoms with Crippen molar-refractivity contribution in [1.82, 2.24) is 0 Å². The molecule has 1 amide bonds. The molecule has 0 radical (unpaired) electrons. The van der Waals surface area contributed by atoms with E-state index < -0.39 is 12.0 Å². The Hall–Kier alpha value is -1.92. The summed E-state index contributed by atoms with van der Waals surface area (Å²) in [5.41, 5.74) is 7.04. The fourth-order valence-corrected chi connectivity index (χ4v) is 1.69. The number of methoxy groups -OCH3 is 1. The monoisotopic (exact) mass is 280 g/mol. The largest absolute Gasteiger partial charge is 0.481 e. The highest BCUT2D eigenvalue weighted by atomic mass is 16.5. The number of carbonyl (C=O) groups is 2. The van der Waals surface area contributed by atoms with Crippen molar-refractivity contribution in [2.24, 2.45) is 5.73 Å². The first kappa shape index (κ1) is 16.1. The maximum absolute atomic E-state index is 11.8. The molecule has 1 unspecified atom stereocenters. The van der Waals surface area contributed by atoms with Gasteiger partial charge in [0.05, 0.1) is 12.5 Å². The molecule has 0 aliphatic heterocycles. The Labute approximate surface area is 117 Å². The van der Waals surface area contributed by atoms with Gasteiger partial charge in [0.15, 0.2) is 0 Å². The van der Waals surface area contributed by atoms with Crippen LogP contribution in [0.4, 0.5) is 5.69 Å². The van der Waals surface area contributed by atoms with Crippen LogP contribution >= 0.6 is 0 Å². The van der Waals surface area contributed by atoms with Gasteiger partial charge in [-0.25, -0.2) is 0 Å². The number of carboxylic acids is 1. The van der Waals surface area contributed by atoms with Crippen LogP contribution in [0.15, 0.2) is 24.3 Å². The highest BCUT2D eigenvalue weighted by Gasteiger charge is 2.13. The van der Waals surface area contributed by atoms with Gasteiger partial charge >= 0.3 is 5.97 Å². The number of nitrogens with one attached hydrogen (secondary N) is 1. The molecule has 1 rings (SSSR count). The average Bonchev–Trinajstić information content (AvgIpc) is 2.40. The van der Waals surface area contributed by atoms with Crippen LogP contribution in [0.1, 0.15) is 18.4 Å². The van der Waals surface area contributed by atoms with Gasteiger partial charge in [-0.15, -0.1) is 0 Å². The number of rotatable bonds is 8. The third-order valence-corrected chi connectivity index (χ3v) is 2.78. The topological polar surface area (TPSA) is 102 Å².